The Morgan fingerprint density at radius 3 is 2.88 bits per heavy atom. The van der Waals surface area contributed by atoms with Crippen molar-refractivity contribution in [1.29, 1.82) is 0 Å². The first-order valence-corrected chi connectivity index (χ1v) is 5.79. The van der Waals surface area contributed by atoms with E-state index in [1.54, 1.807) is 6.07 Å². The second-order valence-corrected chi connectivity index (χ2v) is 4.25. The van der Waals surface area contributed by atoms with Crippen LogP contribution < -0.4 is 5.73 Å². The fraction of sp³-hybridized carbons (Fsp3) is 0.385. The van der Waals surface area contributed by atoms with E-state index in [9.17, 15) is 4.39 Å². The summed E-state index contributed by atoms with van der Waals surface area (Å²) in [6.45, 7) is 2.81. The Labute approximate surface area is 99.7 Å². The third-order valence-corrected chi connectivity index (χ3v) is 2.98. The molecule has 3 N–H and O–H groups in total. The summed E-state index contributed by atoms with van der Waals surface area (Å²) in [7, 11) is 0. The molecule has 1 atom stereocenters. The van der Waals surface area contributed by atoms with Gasteiger partial charge < -0.3 is 15.4 Å². The fourth-order valence-corrected chi connectivity index (χ4v) is 2.11. The molecule has 0 saturated carbocycles. The van der Waals surface area contributed by atoms with Crippen molar-refractivity contribution in [2.75, 3.05) is 6.61 Å². The van der Waals surface area contributed by atoms with Gasteiger partial charge in [0.2, 0.25) is 0 Å². The van der Waals surface area contributed by atoms with Gasteiger partial charge in [-0.1, -0.05) is 0 Å². The molecule has 0 saturated heterocycles. The third-order valence-electron chi connectivity index (χ3n) is 2.98. The fourth-order valence-electron chi connectivity index (χ4n) is 2.11. The van der Waals surface area contributed by atoms with E-state index < -0.39 is 0 Å². The second-order valence-electron chi connectivity index (χ2n) is 4.25. The minimum atomic E-state index is -0.297. The van der Waals surface area contributed by atoms with Gasteiger partial charge in [0.15, 0.2) is 0 Å². The smallest absolute Gasteiger partial charge is 0.123 e. The van der Waals surface area contributed by atoms with Gasteiger partial charge in [-0.05, 0) is 37.1 Å². The summed E-state index contributed by atoms with van der Waals surface area (Å²) < 4.78 is 15.3. The Hall–Kier alpha value is -1.39. The van der Waals surface area contributed by atoms with E-state index in [0.717, 1.165) is 23.0 Å². The first kappa shape index (κ1) is 12.1. The van der Waals surface area contributed by atoms with E-state index in [-0.39, 0.29) is 18.5 Å². The highest BCUT2D eigenvalue weighted by Crippen LogP contribution is 2.23. The van der Waals surface area contributed by atoms with Crippen molar-refractivity contribution < 1.29 is 9.50 Å². The van der Waals surface area contributed by atoms with Crippen LogP contribution in [-0.2, 0) is 13.0 Å². The van der Waals surface area contributed by atoms with Crippen LogP contribution in [0.15, 0.2) is 24.4 Å². The van der Waals surface area contributed by atoms with Crippen LogP contribution in [0.5, 0.6) is 0 Å². The maximum absolute atomic E-state index is 13.3. The number of aryl methyl sites for hydroxylation is 1. The number of halogens is 1. The maximum atomic E-state index is 13.3. The van der Waals surface area contributed by atoms with Crippen LogP contribution in [0.1, 0.15) is 12.5 Å². The summed E-state index contributed by atoms with van der Waals surface area (Å²) >= 11 is 0. The molecule has 0 aliphatic rings. The van der Waals surface area contributed by atoms with E-state index in [4.69, 9.17) is 10.8 Å². The molecule has 1 heterocycles. The molecule has 0 amide bonds. The number of aliphatic hydroxyl groups excluding tert-OH is 1. The zero-order valence-electron chi connectivity index (χ0n) is 9.86. The maximum Gasteiger partial charge on any atom is 0.123 e. The van der Waals surface area contributed by atoms with Gasteiger partial charge in [-0.25, -0.2) is 4.39 Å². The number of hydrogen-bond donors (Lipinski definition) is 2. The van der Waals surface area contributed by atoms with Crippen LogP contribution in [0.2, 0.25) is 0 Å². The summed E-state index contributed by atoms with van der Waals surface area (Å²) in [6, 6.07) is 4.47. The zero-order chi connectivity index (χ0) is 12.4. The zero-order valence-corrected chi connectivity index (χ0v) is 9.86. The van der Waals surface area contributed by atoms with Crippen molar-refractivity contribution >= 4 is 10.9 Å². The van der Waals surface area contributed by atoms with E-state index >= 15 is 0 Å². The summed E-state index contributed by atoms with van der Waals surface area (Å²) in [4.78, 5) is 0. The Morgan fingerprint density at radius 1 is 1.47 bits per heavy atom. The molecule has 0 fully saturated rings. The number of nitrogens with zero attached hydrogens (tertiary/aromatic N) is 1. The number of benzene rings is 1. The van der Waals surface area contributed by atoms with Crippen LogP contribution >= 0.6 is 0 Å². The number of aromatic nitrogens is 1. The molecule has 1 unspecified atom stereocenters. The Balaban J connectivity index is 2.50. The van der Waals surface area contributed by atoms with Crippen molar-refractivity contribution in [2.24, 2.45) is 5.73 Å². The average Bonchev–Trinajstić information content (AvgIpc) is 2.66. The highest BCUT2D eigenvalue weighted by atomic mass is 19.1. The van der Waals surface area contributed by atoms with Gasteiger partial charge in [-0.2, -0.15) is 0 Å². The summed E-state index contributed by atoms with van der Waals surface area (Å²) in [5.41, 5.74) is 7.73. The monoisotopic (exact) mass is 236 g/mol. The number of rotatable bonds is 4. The first-order chi connectivity index (χ1) is 8.15. The molecule has 2 rings (SSSR count). The number of fused-ring (bicyclic) bond motifs is 1. The first-order valence-electron chi connectivity index (χ1n) is 5.79. The van der Waals surface area contributed by atoms with Crippen molar-refractivity contribution in [3.63, 3.8) is 0 Å². The van der Waals surface area contributed by atoms with Gasteiger partial charge in [0.05, 0.1) is 6.61 Å². The molecule has 3 nitrogen and oxygen atoms in total. The SMILES string of the molecule is CCn1cc(CC(N)CO)c2cc(F)ccc21. The standard InChI is InChI=1S/C13H17FN2O/c1-2-16-7-9(5-11(15)8-17)12-6-10(14)3-4-13(12)16/h3-4,6-7,11,17H,2,5,8,15H2,1H3. The molecule has 1 aromatic carbocycles. The second kappa shape index (κ2) is 4.85. The molecule has 17 heavy (non-hydrogen) atoms. The predicted molar refractivity (Wildman–Crippen MR) is 66.3 cm³/mol. The lowest BCUT2D eigenvalue weighted by atomic mass is 10.1. The lowest BCUT2D eigenvalue weighted by Crippen LogP contribution is -2.26. The molecule has 0 spiro atoms. The van der Waals surface area contributed by atoms with Crippen LogP contribution in [0, 0.1) is 5.82 Å². The topological polar surface area (TPSA) is 51.2 Å². The van der Waals surface area contributed by atoms with E-state index in [1.165, 1.54) is 12.1 Å². The van der Waals surface area contributed by atoms with Crippen LogP contribution in [0.3, 0.4) is 0 Å². The predicted octanol–water partition coefficient (Wildman–Crippen LogP) is 1.66. The molecule has 0 aliphatic carbocycles. The van der Waals surface area contributed by atoms with Gasteiger partial charge in [0.1, 0.15) is 5.82 Å². The van der Waals surface area contributed by atoms with Crippen LogP contribution in [0.4, 0.5) is 4.39 Å². The molecular formula is C13H17FN2O. The molecule has 1 aromatic heterocycles. The average molecular weight is 236 g/mol. The number of aliphatic hydroxyl groups is 1. The normalized spacial score (nSPS) is 13.2. The quantitative estimate of drug-likeness (QED) is 0.848. The molecule has 2 aromatic rings. The highest BCUT2D eigenvalue weighted by Gasteiger charge is 2.11. The van der Waals surface area contributed by atoms with Gasteiger partial charge in [0, 0.05) is 29.7 Å². The molecule has 0 radical (unpaired) electrons. The lowest BCUT2D eigenvalue weighted by Gasteiger charge is -2.06. The van der Waals surface area contributed by atoms with Gasteiger partial charge in [-0.15, -0.1) is 0 Å². The van der Waals surface area contributed by atoms with Gasteiger partial charge in [0.25, 0.3) is 0 Å². The van der Waals surface area contributed by atoms with E-state index in [1.807, 2.05) is 13.1 Å². The molecular weight excluding hydrogens is 219 g/mol. The largest absolute Gasteiger partial charge is 0.395 e. The minimum Gasteiger partial charge on any atom is -0.395 e. The van der Waals surface area contributed by atoms with Crippen molar-refractivity contribution in [2.45, 2.75) is 25.9 Å². The summed E-state index contributed by atoms with van der Waals surface area (Å²) in [5.74, 6) is -0.245. The summed E-state index contributed by atoms with van der Waals surface area (Å²) in [6.07, 6.45) is 2.54. The van der Waals surface area contributed by atoms with Gasteiger partial charge >= 0.3 is 0 Å². The molecule has 92 valence electrons. The third kappa shape index (κ3) is 2.33. The Bertz CT molecular complexity index is 521. The minimum absolute atomic E-state index is 0.0614. The molecule has 4 heteroatoms. The summed E-state index contributed by atoms with van der Waals surface area (Å²) in [5, 5.41) is 9.87. The molecule has 0 aliphatic heterocycles. The Morgan fingerprint density at radius 2 is 2.24 bits per heavy atom. The highest BCUT2D eigenvalue weighted by molar-refractivity contribution is 5.84. The van der Waals surface area contributed by atoms with E-state index in [0.29, 0.717) is 6.42 Å². The number of hydrogen-bond acceptors (Lipinski definition) is 2. The number of nitrogens with two attached hydrogens (primary N) is 1. The Kier molecular flexibility index (Phi) is 3.45. The van der Waals surface area contributed by atoms with Crippen LogP contribution in [-0.4, -0.2) is 22.3 Å². The van der Waals surface area contributed by atoms with Crippen molar-refractivity contribution in [3.8, 4) is 0 Å². The lowest BCUT2D eigenvalue weighted by molar-refractivity contribution is 0.265. The van der Waals surface area contributed by atoms with Crippen molar-refractivity contribution in [3.05, 3.63) is 35.8 Å². The van der Waals surface area contributed by atoms with Crippen molar-refractivity contribution in [1.82, 2.24) is 4.57 Å². The van der Waals surface area contributed by atoms with Crippen LogP contribution in [0.25, 0.3) is 10.9 Å². The molecule has 0 bridgehead atoms. The van der Waals surface area contributed by atoms with Gasteiger partial charge in [-0.3, -0.25) is 0 Å². The van der Waals surface area contributed by atoms with E-state index in [2.05, 4.69) is 4.57 Å².